The van der Waals surface area contributed by atoms with E-state index in [0.29, 0.717) is 11.3 Å². The number of rotatable bonds is 1. The molecule has 1 aliphatic heterocycles. The number of aryl methyl sites for hydroxylation is 1. The lowest BCUT2D eigenvalue weighted by Gasteiger charge is -2.53. The summed E-state index contributed by atoms with van der Waals surface area (Å²) in [5.74, 6) is 0.657. The van der Waals surface area contributed by atoms with E-state index in [4.69, 9.17) is 10.5 Å². The van der Waals surface area contributed by atoms with Crippen LogP contribution in [0, 0.1) is 12.3 Å². The zero-order valence-corrected chi connectivity index (χ0v) is 8.99. The summed E-state index contributed by atoms with van der Waals surface area (Å²) in [4.78, 5) is 4.32. The third-order valence-corrected chi connectivity index (χ3v) is 3.79. The van der Waals surface area contributed by atoms with Crippen LogP contribution in [0.5, 0.6) is 0 Å². The lowest BCUT2D eigenvalue weighted by molar-refractivity contribution is -0.164. The van der Waals surface area contributed by atoms with Gasteiger partial charge in [0.15, 0.2) is 0 Å². The highest BCUT2D eigenvalue weighted by molar-refractivity contribution is 5.45. The molecule has 1 aliphatic carbocycles. The van der Waals surface area contributed by atoms with Crippen LogP contribution in [0.15, 0.2) is 12.3 Å². The summed E-state index contributed by atoms with van der Waals surface area (Å²) in [5.41, 5.74) is 9.43. The van der Waals surface area contributed by atoms with Crippen LogP contribution in [0.25, 0.3) is 0 Å². The van der Waals surface area contributed by atoms with Gasteiger partial charge in [0.1, 0.15) is 0 Å². The van der Waals surface area contributed by atoms with E-state index in [2.05, 4.69) is 11.1 Å². The van der Waals surface area contributed by atoms with Gasteiger partial charge in [-0.15, -0.1) is 0 Å². The first kappa shape index (κ1) is 9.16. The van der Waals surface area contributed by atoms with E-state index in [1.807, 2.05) is 13.1 Å². The number of anilines is 1. The van der Waals surface area contributed by atoms with Gasteiger partial charge < -0.3 is 10.5 Å². The molecule has 0 bridgehead atoms. The monoisotopic (exact) mass is 204 g/mol. The van der Waals surface area contributed by atoms with Crippen LogP contribution in [0.2, 0.25) is 0 Å². The third-order valence-electron chi connectivity index (χ3n) is 3.79. The molecule has 1 aromatic rings. The van der Waals surface area contributed by atoms with Crippen molar-refractivity contribution < 1.29 is 4.74 Å². The second-order valence-corrected chi connectivity index (χ2v) is 5.04. The summed E-state index contributed by atoms with van der Waals surface area (Å²) in [5, 5.41) is 0. The fraction of sp³-hybridized carbons (Fsp3) is 0.583. The highest BCUT2D eigenvalue weighted by Crippen LogP contribution is 2.55. The molecule has 1 aromatic heterocycles. The molecule has 2 heterocycles. The standard InChI is InChI=1S/C12H16N2O/c1-8-11(13)2-9(5-14-8)10-3-12(4-10)6-15-7-12/h2,5,10H,3-4,6-7,13H2,1H3. The number of ether oxygens (including phenoxy) is 1. The lowest BCUT2D eigenvalue weighted by Crippen LogP contribution is -2.51. The van der Waals surface area contributed by atoms with Crippen LogP contribution < -0.4 is 5.73 Å². The first-order valence-corrected chi connectivity index (χ1v) is 5.48. The Bertz CT molecular complexity index is 391. The fourth-order valence-electron chi connectivity index (χ4n) is 2.64. The fourth-order valence-corrected chi connectivity index (χ4v) is 2.64. The average molecular weight is 204 g/mol. The van der Waals surface area contributed by atoms with Crippen LogP contribution in [0.3, 0.4) is 0 Å². The maximum atomic E-state index is 5.86. The molecular formula is C12H16N2O. The highest BCUT2D eigenvalue weighted by atomic mass is 16.5. The van der Waals surface area contributed by atoms with E-state index in [1.165, 1.54) is 18.4 Å². The van der Waals surface area contributed by atoms with Crippen LogP contribution in [0.4, 0.5) is 5.69 Å². The molecule has 15 heavy (non-hydrogen) atoms. The molecule has 2 N–H and O–H groups in total. The predicted octanol–water partition coefficient (Wildman–Crippen LogP) is 1.87. The van der Waals surface area contributed by atoms with Crippen molar-refractivity contribution in [3.05, 3.63) is 23.5 Å². The molecule has 2 aliphatic rings. The van der Waals surface area contributed by atoms with Gasteiger partial charge in [-0.3, -0.25) is 4.98 Å². The number of pyridine rings is 1. The minimum absolute atomic E-state index is 0.518. The zero-order valence-electron chi connectivity index (χ0n) is 8.99. The average Bonchev–Trinajstić information content (AvgIpc) is 2.06. The van der Waals surface area contributed by atoms with Crippen molar-refractivity contribution >= 4 is 5.69 Å². The molecule has 0 aromatic carbocycles. The minimum Gasteiger partial charge on any atom is -0.397 e. The van der Waals surface area contributed by atoms with Crippen LogP contribution in [-0.4, -0.2) is 18.2 Å². The molecule has 1 spiro atoms. The van der Waals surface area contributed by atoms with Crippen LogP contribution in [-0.2, 0) is 4.74 Å². The van der Waals surface area contributed by atoms with Crippen molar-refractivity contribution in [3.8, 4) is 0 Å². The van der Waals surface area contributed by atoms with Crippen LogP contribution >= 0.6 is 0 Å². The summed E-state index contributed by atoms with van der Waals surface area (Å²) in [6.45, 7) is 3.86. The van der Waals surface area contributed by atoms with E-state index >= 15 is 0 Å². The van der Waals surface area contributed by atoms with Gasteiger partial charge in [0, 0.05) is 11.6 Å². The second kappa shape index (κ2) is 2.95. The highest BCUT2D eigenvalue weighted by Gasteiger charge is 2.50. The first-order valence-electron chi connectivity index (χ1n) is 5.48. The SMILES string of the molecule is Cc1ncc(C2CC3(COC3)C2)cc1N. The van der Waals surface area contributed by atoms with E-state index < -0.39 is 0 Å². The molecule has 1 saturated heterocycles. The number of aromatic nitrogens is 1. The lowest BCUT2D eigenvalue weighted by atomic mass is 9.59. The molecule has 0 atom stereocenters. The Kier molecular flexibility index (Phi) is 1.80. The normalized spacial score (nSPS) is 23.5. The first-order chi connectivity index (χ1) is 7.19. The van der Waals surface area contributed by atoms with Crippen molar-refractivity contribution in [2.45, 2.75) is 25.7 Å². The summed E-state index contributed by atoms with van der Waals surface area (Å²) in [6.07, 6.45) is 4.47. The topological polar surface area (TPSA) is 48.1 Å². The molecule has 3 heteroatoms. The number of hydrogen-bond donors (Lipinski definition) is 1. The van der Waals surface area contributed by atoms with Crippen molar-refractivity contribution in [2.75, 3.05) is 18.9 Å². The Morgan fingerprint density at radius 3 is 2.73 bits per heavy atom. The third kappa shape index (κ3) is 1.34. The Balaban J connectivity index is 1.75. The van der Waals surface area contributed by atoms with Crippen molar-refractivity contribution in [3.63, 3.8) is 0 Å². The van der Waals surface area contributed by atoms with E-state index in [9.17, 15) is 0 Å². The van der Waals surface area contributed by atoms with Crippen molar-refractivity contribution in [1.29, 1.82) is 0 Å². The number of hydrogen-bond acceptors (Lipinski definition) is 3. The molecule has 2 fully saturated rings. The predicted molar refractivity (Wildman–Crippen MR) is 58.6 cm³/mol. The quantitative estimate of drug-likeness (QED) is 0.759. The van der Waals surface area contributed by atoms with Gasteiger partial charge in [-0.05, 0) is 37.3 Å². The molecule has 3 nitrogen and oxygen atoms in total. The van der Waals surface area contributed by atoms with Gasteiger partial charge >= 0.3 is 0 Å². The zero-order chi connectivity index (χ0) is 10.5. The summed E-state index contributed by atoms with van der Waals surface area (Å²) in [7, 11) is 0. The van der Waals surface area contributed by atoms with E-state index in [1.54, 1.807) is 0 Å². The van der Waals surface area contributed by atoms with Gasteiger partial charge in [-0.1, -0.05) is 0 Å². The molecular weight excluding hydrogens is 188 g/mol. The molecule has 80 valence electrons. The Hall–Kier alpha value is -1.09. The molecule has 0 amide bonds. The van der Waals surface area contributed by atoms with Gasteiger partial charge in [-0.2, -0.15) is 0 Å². The van der Waals surface area contributed by atoms with Gasteiger partial charge in [0.05, 0.1) is 24.6 Å². The number of nitrogen functional groups attached to an aromatic ring is 1. The largest absolute Gasteiger partial charge is 0.397 e. The van der Waals surface area contributed by atoms with Crippen LogP contribution in [0.1, 0.15) is 30.0 Å². The van der Waals surface area contributed by atoms with Gasteiger partial charge in [0.25, 0.3) is 0 Å². The minimum atomic E-state index is 0.518. The molecule has 3 rings (SSSR count). The second-order valence-electron chi connectivity index (χ2n) is 5.04. The maximum Gasteiger partial charge on any atom is 0.0601 e. The smallest absolute Gasteiger partial charge is 0.0601 e. The Labute approximate surface area is 89.6 Å². The Morgan fingerprint density at radius 1 is 1.47 bits per heavy atom. The molecule has 0 unspecified atom stereocenters. The maximum absolute atomic E-state index is 5.86. The van der Waals surface area contributed by atoms with Crippen molar-refractivity contribution in [2.24, 2.45) is 5.41 Å². The van der Waals surface area contributed by atoms with E-state index in [-0.39, 0.29) is 0 Å². The summed E-state index contributed by atoms with van der Waals surface area (Å²) < 4.78 is 5.27. The van der Waals surface area contributed by atoms with E-state index in [0.717, 1.165) is 24.6 Å². The summed E-state index contributed by atoms with van der Waals surface area (Å²) >= 11 is 0. The summed E-state index contributed by atoms with van der Waals surface area (Å²) in [6, 6.07) is 2.08. The molecule has 0 radical (unpaired) electrons. The van der Waals surface area contributed by atoms with Gasteiger partial charge in [0.2, 0.25) is 0 Å². The van der Waals surface area contributed by atoms with Crippen molar-refractivity contribution in [1.82, 2.24) is 4.98 Å². The number of nitrogens with zero attached hydrogens (tertiary/aromatic N) is 1. The Morgan fingerprint density at radius 2 is 2.20 bits per heavy atom. The molecule has 1 saturated carbocycles. The van der Waals surface area contributed by atoms with Gasteiger partial charge in [-0.25, -0.2) is 0 Å². The number of nitrogens with two attached hydrogens (primary N) is 1.